The van der Waals surface area contributed by atoms with Crippen molar-refractivity contribution in [3.8, 4) is 0 Å². The Hall–Kier alpha value is -2.95. The number of aliphatic hydroxyl groups is 1. The van der Waals surface area contributed by atoms with E-state index in [0.717, 1.165) is 17.1 Å². The lowest BCUT2D eigenvalue weighted by Gasteiger charge is -2.17. The van der Waals surface area contributed by atoms with Crippen LogP contribution < -0.4 is 10.6 Å². The topological polar surface area (TPSA) is 125 Å². The molecule has 3 rings (SSSR count). The highest BCUT2D eigenvalue weighted by atomic mass is 32.2. The Balaban J connectivity index is 1.65. The Morgan fingerprint density at radius 3 is 2.42 bits per heavy atom. The monoisotopic (exact) mass is 475 g/mol. The van der Waals surface area contributed by atoms with E-state index in [0.29, 0.717) is 12.2 Å². The zero-order valence-corrected chi connectivity index (χ0v) is 19.5. The van der Waals surface area contributed by atoms with Crippen molar-refractivity contribution < 1.29 is 27.9 Å². The Morgan fingerprint density at radius 1 is 1.12 bits per heavy atom. The molecule has 9 nitrogen and oxygen atoms in total. The van der Waals surface area contributed by atoms with E-state index in [1.165, 1.54) is 37.9 Å². The standard InChI is InChI=1S/C23H29N3O6S/c1-26(2)33(30,31)18-8-9-20(24-12-13-27)19(14-18)22(29)32-15-21(28)25-16-23(10-11-23)17-6-4-3-5-7-17/h3-9,14,24,27H,10-13,15-16H2,1-2H3,(H,25,28). The normalized spacial score (nSPS) is 14.5. The molecular weight excluding hydrogens is 446 g/mol. The second-order valence-corrected chi connectivity index (χ2v) is 10.3. The second kappa shape index (κ2) is 10.3. The first-order valence-electron chi connectivity index (χ1n) is 10.6. The summed E-state index contributed by atoms with van der Waals surface area (Å²) < 4.78 is 31.1. The number of aliphatic hydroxyl groups excluding tert-OH is 1. The maximum atomic E-state index is 12.7. The fraction of sp³-hybridized carbons (Fsp3) is 0.391. The summed E-state index contributed by atoms with van der Waals surface area (Å²) in [6.45, 7) is -0.0685. The number of ether oxygens (including phenoxy) is 1. The van der Waals surface area contributed by atoms with Crippen molar-refractivity contribution >= 4 is 27.6 Å². The van der Waals surface area contributed by atoms with Crippen molar-refractivity contribution in [2.45, 2.75) is 23.2 Å². The summed E-state index contributed by atoms with van der Waals surface area (Å²) in [7, 11) is -1.00. The molecule has 178 valence electrons. The van der Waals surface area contributed by atoms with Gasteiger partial charge >= 0.3 is 5.97 Å². The van der Waals surface area contributed by atoms with Crippen LogP contribution in [0.25, 0.3) is 0 Å². The molecule has 1 amide bonds. The minimum Gasteiger partial charge on any atom is -0.452 e. The summed E-state index contributed by atoms with van der Waals surface area (Å²) in [4.78, 5) is 24.9. The molecule has 0 spiro atoms. The van der Waals surface area contributed by atoms with Crippen LogP contribution in [-0.2, 0) is 25.0 Å². The first-order chi connectivity index (χ1) is 15.7. The zero-order chi connectivity index (χ0) is 24.1. The highest BCUT2D eigenvalue weighted by Gasteiger charge is 2.44. The van der Waals surface area contributed by atoms with Crippen LogP contribution in [0.3, 0.4) is 0 Å². The van der Waals surface area contributed by atoms with Crippen molar-refractivity contribution in [3.05, 3.63) is 59.7 Å². The van der Waals surface area contributed by atoms with Crippen molar-refractivity contribution in [1.82, 2.24) is 9.62 Å². The van der Waals surface area contributed by atoms with Crippen LogP contribution in [0.4, 0.5) is 5.69 Å². The van der Waals surface area contributed by atoms with Crippen LogP contribution in [0.15, 0.2) is 53.4 Å². The average molecular weight is 476 g/mol. The fourth-order valence-corrected chi connectivity index (χ4v) is 4.37. The lowest BCUT2D eigenvalue weighted by Crippen LogP contribution is -2.35. The van der Waals surface area contributed by atoms with Gasteiger partial charge in [-0.25, -0.2) is 17.5 Å². The van der Waals surface area contributed by atoms with E-state index in [2.05, 4.69) is 10.6 Å². The predicted molar refractivity (Wildman–Crippen MR) is 124 cm³/mol. The van der Waals surface area contributed by atoms with Gasteiger partial charge in [0, 0.05) is 38.3 Å². The highest BCUT2D eigenvalue weighted by molar-refractivity contribution is 7.89. The van der Waals surface area contributed by atoms with Crippen LogP contribution in [0.5, 0.6) is 0 Å². The maximum absolute atomic E-state index is 12.7. The van der Waals surface area contributed by atoms with Gasteiger partial charge in [-0.05, 0) is 36.6 Å². The summed E-state index contributed by atoms with van der Waals surface area (Å²) in [6, 6.07) is 13.9. The van der Waals surface area contributed by atoms with Crippen LogP contribution >= 0.6 is 0 Å². The lowest BCUT2D eigenvalue weighted by molar-refractivity contribution is -0.124. The number of hydrogen-bond acceptors (Lipinski definition) is 7. The van der Waals surface area contributed by atoms with Gasteiger partial charge in [0.05, 0.1) is 17.1 Å². The van der Waals surface area contributed by atoms with Gasteiger partial charge in [-0.3, -0.25) is 4.79 Å². The number of hydrogen-bond donors (Lipinski definition) is 3. The molecule has 1 aliphatic carbocycles. The summed E-state index contributed by atoms with van der Waals surface area (Å²) in [5, 5.41) is 14.7. The minimum atomic E-state index is -3.78. The van der Waals surface area contributed by atoms with Crippen molar-refractivity contribution in [3.63, 3.8) is 0 Å². The van der Waals surface area contributed by atoms with Crippen LogP contribution in [0.2, 0.25) is 0 Å². The van der Waals surface area contributed by atoms with Gasteiger partial charge in [-0.1, -0.05) is 30.3 Å². The summed E-state index contributed by atoms with van der Waals surface area (Å²) in [5.74, 6) is -1.28. The zero-order valence-electron chi connectivity index (χ0n) is 18.7. The molecule has 2 aromatic carbocycles. The number of rotatable bonds is 11. The van der Waals surface area contributed by atoms with Gasteiger partial charge in [-0.2, -0.15) is 0 Å². The van der Waals surface area contributed by atoms with E-state index >= 15 is 0 Å². The number of nitrogens with one attached hydrogen (secondary N) is 2. The Morgan fingerprint density at radius 2 is 1.82 bits per heavy atom. The van der Waals surface area contributed by atoms with Gasteiger partial charge in [0.2, 0.25) is 10.0 Å². The number of carbonyl (C=O) groups is 2. The van der Waals surface area contributed by atoms with E-state index in [9.17, 15) is 18.0 Å². The molecule has 33 heavy (non-hydrogen) atoms. The average Bonchev–Trinajstić information content (AvgIpc) is 3.61. The fourth-order valence-electron chi connectivity index (χ4n) is 3.45. The Labute approximate surface area is 193 Å². The van der Waals surface area contributed by atoms with Gasteiger partial charge in [0.15, 0.2) is 6.61 Å². The van der Waals surface area contributed by atoms with Crippen molar-refractivity contribution in [1.29, 1.82) is 0 Å². The van der Waals surface area contributed by atoms with E-state index in [1.807, 2.05) is 30.3 Å². The smallest absolute Gasteiger partial charge is 0.340 e. The van der Waals surface area contributed by atoms with Crippen molar-refractivity contribution in [2.75, 3.05) is 45.7 Å². The predicted octanol–water partition coefficient (Wildman–Crippen LogP) is 1.35. The molecule has 1 saturated carbocycles. The Kier molecular flexibility index (Phi) is 7.72. The van der Waals surface area contributed by atoms with Crippen LogP contribution in [0.1, 0.15) is 28.8 Å². The number of anilines is 1. The van der Waals surface area contributed by atoms with Gasteiger partial charge < -0.3 is 20.5 Å². The van der Waals surface area contributed by atoms with E-state index in [4.69, 9.17) is 9.84 Å². The molecule has 0 atom stereocenters. The molecule has 0 bridgehead atoms. The van der Waals surface area contributed by atoms with E-state index in [-0.39, 0.29) is 29.0 Å². The number of esters is 1. The molecule has 0 aliphatic heterocycles. The number of carbonyl (C=O) groups excluding carboxylic acids is 2. The minimum absolute atomic E-state index is 0.0397. The molecule has 1 fully saturated rings. The van der Waals surface area contributed by atoms with E-state index < -0.39 is 28.5 Å². The summed E-state index contributed by atoms with van der Waals surface area (Å²) in [5.41, 5.74) is 1.35. The molecule has 10 heteroatoms. The molecule has 0 radical (unpaired) electrons. The van der Waals surface area contributed by atoms with E-state index in [1.54, 1.807) is 0 Å². The summed E-state index contributed by atoms with van der Waals surface area (Å²) >= 11 is 0. The first kappa shape index (κ1) is 24.7. The Bertz CT molecular complexity index is 1100. The van der Waals surface area contributed by atoms with Gasteiger partial charge in [0.25, 0.3) is 5.91 Å². The van der Waals surface area contributed by atoms with Gasteiger partial charge in [-0.15, -0.1) is 0 Å². The number of benzene rings is 2. The third-order valence-corrected chi connectivity index (χ3v) is 7.43. The van der Waals surface area contributed by atoms with Crippen LogP contribution in [-0.4, -0.2) is 70.1 Å². The molecule has 0 heterocycles. The third-order valence-electron chi connectivity index (χ3n) is 5.61. The SMILES string of the molecule is CN(C)S(=O)(=O)c1ccc(NCCO)c(C(=O)OCC(=O)NCC2(c3ccccc3)CC2)c1. The second-order valence-electron chi connectivity index (χ2n) is 8.14. The quantitative estimate of drug-likeness (QED) is 0.419. The molecule has 0 unspecified atom stereocenters. The van der Waals surface area contributed by atoms with Crippen molar-refractivity contribution in [2.24, 2.45) is 0 Å². The largest absolute Gasteiger partial charge is 0.452 e. The molecular formula is C23H29N3O6S. The molecule has 1 aliphatic rings. The molecule has 2 aromatic rings. The number of sulfonamides is 1. The maximum Gasteiger partial charge on any atom is 0.340 e. The molecule has 3 N–H and O–H groups in total. The molecule has 0 saturated heterocycles. The summed E-state index contributed by atoms with van der Waals surface area (Å²) in [6.07, 6.45) is 1.95. The third kappa shape index (κ3) is 5.89. The first-order valence-corrected chi connectivity index (χ1v) is 12.0. The number of amides is 1. The van der Waals surface area contributed by atoms with Gasteiger partial charge in [0.1, 0.15) is 0 Å². The molecule has 0 aromatic heterocycles. The van der Waals surface area contributed by atoms with Crippen LogP contribution in [0, 0.1) is 0 Å². The lowest BCUT2D eigenvalue weighted by atomic mass is 9.96. The highest BCUT2D eigenvalue weighted by Crippen LogP contribution is 2.47. The number of nitrogens with zero attached hydrogens (tertiary/aromatic N) is 1.